The van der Waals surface area contributed by atoms with Crippen LogP contribution < -0.4 is 0 Å². The van der Waals surface area contributed by atoms with Gasteiger partial charge in [-0.25, -0.2) is 9.07 Å². The van der Waals surface area contributed by atoms with Crippen LogP contribution in [0.4, 0.5) is 4.39 Å². The molecule has 1 N–H and O–H groups in total. The summed E-state index contributed by atoms with van der Waals surface area (Å²) in [4.78, 5) is 0. The average molecular weight is 297 g/mol. The Bertz CT molecular complexity index is 738. The maximum absolute atomic E-state index is 13.0. The van der Waals surface area contributed by atoms with Crippen molar-refractivity contribution < 1.29 is 9.50 Å². The average Bonchev–Trinajstić information content (AvgIpc) is 2.92. The molecule has 0 saturated carbocycles. The van der Waals surface area contributed by atoms with Crippen molar-refractivity contribution in [3.05, 3.63) is 82.9 Å². The van der Waals surface area contributed by atoms with Gasteiger partial charge in [-0.05, 0) is 23.3 Å². The number of hydrogen-bond acceptors (Lipinski definition) is 3. The summed E-state index contributed by atoms with van der Waals surface area (Å²) >= 11 is 0. The number of benzene rings is 2. The second-order valence-electron chi connectivity index (χ2n) is 5.09. The smallest absolute Gasteiger partial charge is 0.123 e. The van der Waals surface area contributed by atoms with Crippen LogP contribution in [0.1, 0.15) is 22.5 Å². The summed E-state index contributed by atoms with van der Waals surface area (Å²) in [7, 11) is 0. The van der Waals surface area contributed by atoms with Gasteiger partial charge in [-0.2, -0.15) is 0 Å². The summed E-state index contributed by atoms with van der Waals surface area (Å²) in [5.41, 5.74) is 3.46. The van der Waals surface area contributed by atoms with Crippen molar-refractivity contribution in [1.82, 2.24) is 15.0 Å². The zero-order valence-electron chi connectivity index (χ0n) is 12.0. The molecule has 0 aliphatic carbocycles. The first-order valence-electron chi connectivity index (χ1n) is 7.06. The van der Waals surface area contributed by atoms with Gasteiger partial charge in [0.05, 0.1) is 18.8 Å². The van der Waals surface area contributed by atoms with Crippen molar-refractivity contribution in [2.75, 3.05) is 0 Å². The first-order valence-corrected chi connectivity index (χ1v) is 7.06. The van der Waals surface area contributed by atoms with Crippen LogP contribution in [0.3, 0.4) is 0 Å². The zero-order chi connectivity index (χ0) is 15.4. The van der Waals surface area contributed by atoms with E-state index in [-0.39, 0.29) is 12.4 Å². The Morgan fingerprint density at radius 3 is 2.36 bits per heavy atom. The van der Waals surface area contributed by atoms with Gasteiger partial charge in [0, 0.05) is 6.42 Å². The fraction of sp³-hybridized carbons (Fsp3) is 0.176. The highest BCUT2D eigenvalue weighted by Gasteiger charge is 2.13. The van der Waals surface area contributed by atoms with Gasteiger partial charge in [0.25, 0.3) is 0 Å². The van der Waals surface area contributed by atoms with E-state index in [0.717, 1.165) is 16.8 Å². The fourth-order valence-electron chi connectivity index (χ4n) is 2.36. The van der Waals surface area contributed by atoms with Gasteiger partial charge in [0.2, 0.25) is 0 Å². The van der Waals surface area contributed by atoms with Crippen LogP contribution in [0, 0.1) is 5.82 Å². The van der Waals surface area contributed by atoms with Gasteiger partial charge in [-0.15, -0.1) is 5.10 Å². The number of nitrogens with zero attached hydrogens (tertiary/aromatic N) is 3. The summed E-state index contributed by atoms with van der Waals surface area (Å²) in [6.45, 7) is 0.426. The molecule has 1 aromatic heterocycles. The minimum atomic E-state index is -0.262. The Labute approximate surface area is 127 Å². The first-order chi connectivity index (χ1) is 10.8. The highest BCUT2D eigenvalue weighted by atomic mass is 19.1. The molecule has 0 saturated heterocycles. The van der Waals surface area contributed by atoms with Crippen molar-refractivity contribution in [3.63, 3.8) is 0 Å². The fourth-order valence-corrected chi connectivity index (χ4v) is 2.36. The quantitative estimate of drug-likeness (QED) is 0.787. The maximum Gasteiger partial charge on any atom is 0.123 e. The molecule has 0 bridgehead atoms. The molecule has 4 nitrogen and oxygen atoms in total. The van der Waals surface area contributed by atoms with Crippen LogP contribution in [-0.4, -0.2) is 20.1 Å². The van der Waals surface area contributed by atoms with E-state index in [9.17, 15) is 9.50 Å². The van der Waals surface area contributed by atoms with Crippen molar-refractivity contribution in [2.24, 2.45) is 0 Å². The van der Waals surface area contributed by atoms with Crippen LogP contribution in [-0.2, 0) is 19.6 Å². The lowest BCUT2D eigenvalue weighted by atomic mass is 10.1. The summed E-state index contributed by atoms with van der Waals surface area (Å²) in [6, 6.07) is 16.3. The number of rotatable bonds is 5. The molecule has 0 unspecified atom stereocenters. The highest BCUT2D eigenvalue weighted by Crippen LogP contribution is 2.15. The van der Waals surface area contributed by atoms with Gasteiger partial charge < -0.3 is 5.11 Å². The Hall–Kier alpha value is -2.53. The number of hydrogen-bond donors (Lipinski definition) is 1. The van der Waals surface area contributed by atoms with Gasteiger partial charge in [0.1, 0.15) is 11.5 Å². The standard InChI is InChI=1S/C17H16FN3O/c18-15-8-6-13(7-9-15)10-17-16(12-22)19-20-21(17)11-14-4-2-1-3-5-14/h1-9,22H,10-12H2. The second kappa shape index (κ2) is 6.49. The van der Waals surface area contributed by atoms with E-state index in [4.69, 9.17) is 0 Å². The van der Waals surface area contributed by atoms with E-state index in [1.165, 1.54) is 12.1 Å². The first kappa shape index (κ1) is 14.4. The van der Waals surface area contributed by atoms with Crippen molar-refractivity contribution in [1.29, 1.82) is 0 Å². The van der Waals surface area contributed by atoms with E-state index in [0.29, 0.717) is 18.7 Å². The number of aliphatic hydroxyl groups excluding tert-OH is 1. The van der Waals surface area contributed by atoms with Gasteiger partial charge >= 0.3 is 0 Å². The summed E-state index contributed by atoms with van der Waals surface area (Å²) in [5, 5.41) is 17.6. The molecule has 0 aliphatic rings. The molecule has 2 aromatic carbocycles. The minimum absolute atomic E-state index is 0.161. The van der Waals surface area contributed by atoms with Crippen LogP contribution in [0.5, 0.6) is 0 Å². The topological polar surface area (TPSA) is 50.9 Å². The normalized spacial score (nSPS) is 10.8. The minimum Gasteiger partial charge on any atom is -0.390 e. The monoisotopic (exact) mass is 297 g/mol. The van der Waals surface area contributed by atoms with Gasteiger partial charge in [0.15, 0.2) is 0 Å². The Kier molecular flexibility index (Phi) is 4.25. The van der Waals surface area contributed by atoms with Crippen LogP contribution in [0.2, 0.25) is 0 Å². The summed E-state index contributed by atoms with van der Waals surface area (Å²) < 4.78 is 14.8. The van der Waals surface area contributed by atoms with E-state index in [2.05, 4.69) is 10.3 Å². The van der Waals surface area contributed by atoms with Crippen LogP contribution in [0.15, 0.2) is 54.6 Å². The van der Waals surface area contributed by atoms with E-state index in [1.54, 1.807) is 16.8 Å². The lowest BCUT2D eigenvalue weighted by Gasteiger charge is -2.08. The predicted octanol–water partition coefficient (Wildman–Crippen LogP) is 2.55. The third kappa shape index (κ3) is 3.20. The maximum atomic E-state index is 13.0. The van der Waals surface area contributed by atoms with E-state index in [1.807, 2.05) is 30.3 Å². The number of halogens is 1. The Morgan fingerprint density at radius 2 is 1.68 bits per heavy atom. The number of aliphatic hydroxyl groups is 1. The van der Waals surface area contributed by atoms with Crippen LogP contribution >= 0.6 is 0 Å². The van der Waals surface area contributed by atoms with Gasteiger partial charge in [-0.1, -0.05) is 47.7 Å². The lowest BCUT2D eigenvalue weighted by molar-refractivity contribution is 0.275. The number of aromatic nitrogens is 3. The summed E-state index contributed by atoms with van der Waals surface area (Å²) in [5.74, 6) is -0.262. The van der Waals surface area contributed by atoms with E-state index >= 15 is 0 Å². The zero-order valence-corrected chi connectivity index (χ0v) is 12.0. The molecule has 0 spiro atoms. The highest BCUT2D eigenvalue weighted by molar-refractivity contribution is 5.25. The molecular weight excluding hydrogens is 281 g/mol. The molecule has 3 rings (SSSR count). The predicted molar refractivity (Wildman–Crippen MR) is 80.7 cm³/mol. The lowest BCUT2D eigenvalue weighted by Crippen LogP contribution is -2.08. The van der Waals surface area contributed by atoms with Crippen molar-refractivity contribution in [2.45, 2.75) is 19.6 Å². The van der Waals surface area contributed by atoms with E-state index < -0.39 is 0 Å². The van der Waals surface area contributed by atoms with Crippen molar-refractivity contribution >= 4 is 0 Å². The Balaban J connectivity index is 1.88. The third-order valence-electron chi connectivity index (χ3n) is 3.53. The molecule has 0 radical (unpaired) electrons. The van der Waals surface area contributed by atoms with Crippen LogP contribution in [0.25, 0.3) is 0 Å². The summed E-state index contributed by atoms with van der Waals surface area (Å²) in [6.07, 6.45) is 0.552. The molecular formula is C17H16FN3O. The molecule has 0 aliphatic heterocycles. The molecule has 0 atom stereocenters. The molecule has 3 aromatic rings. The largest absolute Gasteiger partial charge is 0.390 e. The molecule has 0 fully saturated rings. The molecule has 0 amide bonds. The molecule has 1 heterocycles. The molecule has 5 heteroatoms. The van der Waals surface area contributed by atoms with Gasteiger partial charge in [-0.3, -0.25) is 0 Å². The third-order valence-corrected chi connectivity index (χ3v) is 3.53. The SMILES string of the molecule is OCc1nnn(Cc2ccccc2)c1Cc1ccc(F)cc1. The molecule has 112 valence electrons. The molecule has 22 heavy (non-hydrogen) atoms. The second-order valence-corrected chi connectivity index (χ2v) is 5.09. The van der Waals surface area contributed by atoms with Crippen molar-refractivity contribution in [3.8, 4) is 0 Å². The Morgan fingerprint density at radius 1 is 0.955 bits per heavy atom.